The largest absolute Gasteiger partial charge is 0.369 e. The molecule has 4 bridgehead atoms. The van der Waals surface area contributed by atoms with Crippen molar-refractivity contribution in [1.82, 2.24) is 20.0 Å². The standard InChI is InChI=1S/C30H31IN6OS/c1-30(2,25-9-3-4-10-26(25)31)28(38)33-18-20-11-13-21(14-12-20)24-19-34-29-36-22-7-5-8-23(17-22)39-35-16-6-15-32-27(24)37-29/h3-5,7-14,17,19,35H,6,15-16,18H2,1-2H3,(H,33,38)(H2,32,34,36,37). The molecule has 1 aromatic heterocycles. The molecule has 7 nitrogen and oxygen atoms in total. The smallest absolute Gasteiger partial charge is 0.230 e. The van der Waals surface area contributed by atoms with Crippen molar-refractivity contribution in [3.63, 3.8) is 0 Å². The van der Waals surface area contributed by atoms with Crippen LogP contribution in [0.4, 0.5) is 17.5 Å². The molecule has 0 unspecified atom stereocenters. The van der Waals surface area contributed by atoms with Crippen molar-refractivity contribution in [1.29, 1.82) is 0 Å². The third-order valence-corrected chi connectivity index (χ3v) is 8.43. The molecular formula is C30H31IN6OS. The van der Waals surface area contributed by atoms with E-state index in [-0.39, 0.29) is 5.91 Å². The summed E-state index contributed by atoms with van der Waals surface area (Å²) in [5.41, 5.74) is 4.32. The summed E-state index contributed by atoms with van der Waals surface area (Å²) >= 11 is 3.92. The first-order chi connectivity index (χ1) is 18.9. The second-order valence-corrected chi connectivity index (χ2v) is 12.0. The molecular weight excluding hydrogens is 619 g/mol. The molecule has 0 atom stereocenters. The number of nitrogens with one attached hydrogen (secondary N) is 4. The van der Waals surface area contributed by atoms with Crippen LogP contribution in [-0.4, -0.2) is 29.0 Å². The quantitative estimate of drug-likeness (QED) is 0.145. The summed E-state index contributed by atoms with van der Waals surface area (Å²) in [7, 11) is 0. The summed E-state index contributed by atoms with van der Waals surface area (Å²) in [4.78, 5) is 23.6. The minimum atomic E-state index is -0.625. The fourth-order valence-electron chi connectivity index (χ4n) is 4.35. The lowest BCUT2D eigenvalue weighted by molar-refractivity contribution is -0.125. The minimum Gasteiger partial charge on any atom is -0.369 e. The molecule has 0 saturated carbocycles. The van der Waals surface area contributed by atoms with E-state index < -0.39 is 5.41 Å². The van der Waals surface area contributed by atoms with Gasteiger partial charge in [0.2, 0.25) is 11.9 Å². The number of carbonyl (C=O) groups is 1. The van der Waals surface area contributed by atoms with Gasteiger partial charge < -0.3 is 16.0 Å². The number of halogens is 1. The Hall–Kier alpha value is -3.15. The van der Waals surface area contributed by atoms with Gasteiger partial charge in [-0.15, -0.1) is 0 Å². The predicted octanol–water partition coefficient (Wildman–Crippen LogP) is 6.50. The van der Waals surface area contributed by atoms with E-state index in [1.807, 2.05) is 68.6 Å². The monoisotopic (exact) mass is 650 g/mol. The maximum atomic E-state index is 13.1. The van der Waals surface area contributed by atoms with E-state index in [1.165, 1.54) is 0 Å². The number of hydrogen-bond acceptors (Lipinski definition) is 7. The number of anilines is 3. The van der Waals surface area contributed by atoms with Crippen LogP contribution in [0, 0.1) is 3.57 Å². The van der Waals surface area contributed by atoms with E-state index in [0.29, 0.717) is 12.5 Å². The van der Waals surface area contributed by atoms with Crippen LogP contribution < -0.4 is 20.7 Å². The van der Waals surface area contributed by atoms with Gasteiger partial charge in [-0.25, -0.2) is 4.98 Å². The Labute approximate surface area is 247 Å². The fraction of sp³-hybridized carbons (Fsp3) is 0.233. The number of rotatable bonds is 5. The Bertz CT molecular complexity index is 1460. The van der Waals surface area contributed by atoms with Gasteiger partial charge in [-0.05, 0) is 95.8 Å². The molecule has 0 spiro atoms. The van der Waals surface area contributed by atoms with Gasteiger partial charge in [0.25, 0.3) is 0 Å². The molecule has 0 fully saturated rings. The maximum absolute atomic E-state index is 13.1. The highest BCUT2D eigenvalue weighted by molar-refractivity contribution is 14.1. The molecule has 0 radical (unpaired) electrons. The van der Waals surface area contributed by atoms with E-state index in [4.69, 9.17) is 4.98 Å². The van der Waals surface area contributed by atoms with E-state index in [0.717, 1.165) is 61.7 Å². The third kappa shape index (κ3) is 6.71. The SMILES string of the molecule is CC(C)(C(=O)NCc1ccc(-c2cnc3nc2NCCCNSc2cccc(c2)N3)cc1)c1ccccc1I. The van der Waals surface area contributed by atoms with Crippen LogP contribution in [0.5, 0.6) is 0 Å². The lowest BCUT2D eigenvalue weighted by Crippen LogP contribution is -2.40. The Morgan fingerprint density at radius 2 is 1.87 bits per heavy atom. The van der Waals surface area contributed by atoms with Crippen molar-refractivity contribution in [2.24, 2.45) is 0 Å². The normalized spacial score (nSPS) is 13.6. The lowest BCUT2D eigenvalue weighted by atomic mass is 9.83. The van der Waals surface area contributed by atoms with Gasteiger partial charge in [0.1, 0.15) is 5.82 Å². The molecule has 0 saturated heterocycles. The zero-order valence-corrected chi connectivity index (χ0v) is 24.9. The number of hydrogen-bond donors (Lipinski definition) is 4. The Morgan fingerprint density at radius 1 is 1.05 bits per heavy atom. The van der Waals surface area contributed by atoms with Crippen molar-refractivity contribution in [2.45, 2.75) is 37.1 Å². The average molecular weight is 651 g/mol. The summed E-state index contributed by atoms with van der Waals surface area (Å²) in [6.07, 6.45) is 2.81. The summed E-state index contributed by atoms with van der Waals surface area (Å²) in [5.74, 6) is 1.34. The van der Waals surface area contributed by atoms with E-state index in [2.05, 4.69) is 72.5 Å². The molecule has 39 heavy (non-hydrogen) atoms. The Morgan fingerprint density at radius 3 is 2.69 bits per heavy atom. The topological polar surface area (TPSA) is 91.0 Å². The highest BCUT2D eigenvalue weighted by atomic mass is 127. The van der Waals surface area contributed by atoms with Gasteiger partial charge in [-0.3, -0.25) is 9.52 Å². The summed E-state index contributed by atoms with van der Waals surface area (Å²) in [5, 5.41) is 9.93. The van der Waals surface area contributed by atoms with E-state index in [1.54, 1.807) is 11.9 Å². The summed E-state index contributed by atoms with van der Waals surface area (Å²) in [6, 6.07) is 24.4. The maximum Gasteiger partial charge on any atom is 0.230 e. The van der Waals surface area contributed by atoms with Gasteiger partial charge >= 0.3 is 0 Å². The predicted molar refractivity (Wildman–Crippen MR) is 168 cm³/mol. The van der Waals surface area contributed by atoms with Crippen LogP contribution in [0.1, 0.15) is 31.4 Å². The summed E-state index contributed by atoms with van der Waals surface area (Å²) in [6.45, 7) is 6.05. The minimum absolute atomic E-state index is 0.000975. The van der Waals surface area contributed by atoms with E-state index in [9.17, 15) is 4.79 Å². The van der Waals surface area contributed by atoms with Crippen molar-refractivity contribution < 1.29 is 4.79 Å². The van der Waals surface area contributed by atoms with Gasteiger partial charge in [-0.1, -0.05) is 48.5 Å². The lowest BCUT2D eigenvalue weighted by Gasteiger charge is -2.25. The average Bonchev–Trinajstić information content (AvgIpc) is 2.95. The highest BCUT2D eigenvalue weighted by Crippen LogP contribution is 2.30. The number of aromatic nitrogens is 2. The molecule has 5 rings (SSSR count). The van der Waals surface area contributed by atoms with Crippen LogP contribution in [0.2, 0.25) is 0 Å². The zero-order valence-electron chi connectivity index (χ0n) is 21.9. The van der Waals surface area contributed by atoms with Crippen molar-refractivity contribution in [2.75, 3.05) is 23.7 Å². The number of amides is 1. The van der Waals surface area contributed by atoms with E-state index >= 15 is 0 Å². The van der Waals surface area contributed by atoms with Crippen LogP contribution >= 0.6 is 34.5 Å². The number of benzene rings is 3. The van der Waals surface area contributed by atoms with Crippen molar-refractivity contribution in [3.05, 3.63) is 93.7 Å². The first kappa shape index (κ1) is 27.4. The second kappa shape index (κ2) is 12.4. The molecule has 0 aliphatic carbocycles. The Balaban J connectivity index is 1.30. The molecule has 2 heterocycles. The molecule has 1 amide bonds. The number of fused-ring (bicyclic) bond motifs is 4. The Kier molecular flexibility index (Phi) is 8.69. The van der Waals surface area contributed by atoms with Gasteiger partial charge in [-0.2, -0.15) is 4.98 Å². The molecule has 1 aliphatic rings. The third-order valence-electron chi connectivity index (χ3n) is 6.65. The molecule has 4 N–H and O–H groups in total. The van der Waals surface area contributed by atoms with Crippen LogP contribution in [0.15, 0.2) is 83.9 Å². The second-order valence-electron chi connectivity index (χ2n) is 9.87. The highest BCUT2D eigenvalue weighted by Gasteiger charge is 2.31. The summed E-state index contributed by atoms with van der Waals surface area (Å²) < 4.78 is 4.50. The number of nitrogens with zero attached hydrogens (tertiary/aromatic N) is 2. The number of carbonyl (C=O) groups excluding carboxylic acids is 1. The zero-order chi connectivity index (χ0) is 27.2. The van der Waals surface area contributed by atoms with Gasteiger partial charge in [0, 0.05) is 45.5 Å². The van der Waals surface area contributed by atoms with Crippen LogP contribution in [-0.2, 0) is 16.8 Å². The molecule has 1 aliphatic heterocycles. The molecule has 3 aromatic carbocycles. The van der Waals surface area contributed by atoms with Gasteiger partial charge in [0.05, 0.1) is 5.41 Å². The van der Waals surface area contributed by atoms with Crippen molar-refractivity contribution >= 4 is 57.9 Å². The van der Waals surface area contributed by atoms with Crippen LogP contribution in [0.3, 0.4) is 0 Å². The molecule has 9 heteroatoms. The van der Waals surface area contributed by atoms with Crippen molar-refractivity contribution in [3.8, 4) is 11.1 Å². The fourth-order valence-corrected chi connectivity index (χ4v) is 6.16. The van der Waals surface area contributed by atoms with Crippen LogP contribution in [0.25, 0.3) is 11.1 Å². The molecule has 4 aromatic rings. The molecule has 200 valence electrons. The first-order valence-corrected chi connectivity index (χ1v) is 14.8. The first-order valence-electron chi connectivity index (χ1n) is 12.9. The van der Waals surface area contributed by atoms with Gasteiger partial charge in [0.15, 0.2) is 0 Å².